The molecule has 2 fully saturated rings. The molecule has 2 aromatic rings. The molecule has 32 heavy (non-hydrogen) atoms. The quantitative estimate of drug-likeness (QED) is 0.435. The van der Waals surface area contributed by atoms with Crippen LogP contribution in [0.15, 0.2) is 48.5 Å². The van der Waals surface area contributed by atoms with Crippen LogP contribution in [-0.4, -0.2) is 74.0 Å². The molecule has 0 amide bonds. The van der Waals surface area contributed by atoms with E-state index in [4.69, 9.17) is 4.74 Å². The molecule has 5 nitrogen and oxygen atoms in total. The Hall–Kier alpha value is -2.44. The van der Waals surface area contributed by atoms with Crippen molar-refractivity contribution in [1.29, 1.82) is 0 Å². The molecule has 0 bridgehead atoms. The van der Waals surface area contributed by atoms with E-state index >= 15 is 0 Å². The fourth-order valence-corrected chi connectivity index (χ4v) is 4.63. The Morgan fingerprint density at radius 3 is 2.38 bits per heavy atom. The van der Waals surface area contributed by atoms with Gasteiger partial charge in [-0.15, -0.1) is 0 Å². The lowest BCUT2D eigenvalue weighted by Crippen LogP contribution is -2.48. The predicted molar refractivity (Wildman–Crippen MR) is 126 cm³/mol. The molecule has 0 N–H and O–H groups in total. The summed E-state index contributed by atoms with van der Waals surface area (Å²) in [6, 6.07) is 14.9. The van der Waals surface area contributed by atoms with Crippen molar-refractivity contribution in [3.8, 4) is 5.75 Å². The van der Waals surface area contributed by atoms with Gasteiger partial charge in [-0.1, -0.05) is 0 Å². The van der Waals surface area contributed by atoms with Crippen LogP contribution in [0.5, 0.6) is 5.75 Å². The number of anilines is 1. The highest BCUT2D eigenvalue weighted by Gasteiger charge is 2.20. The number of hydrogen-bond acceptors (Lipinski definition) is 5. The monoisotopic (exact) mass is 439 g/mol. The van der Waals surface area contributed by atoms with E-state index in [1.165, 1.54) is 31.5 Å². The Balaban J connectivity index is 1.17. The van der Waals surface area contributed by atoms with E-state index in [1.807, 2.05) is 36.4 Å². The van der Waals surface area contributed by atoms with Crippen molar-refractivity contribution >= 4 is 11.5 Å². The van der Waals surface area contributed by atoms with Crippen LogP contribution in [0.2, 0.25) is 0 Å². The Bertz CT molecular complexity index is 864. The van der Waals surface area contributed by atoms with Crippen LogP contribution in [0.4, 0.5) is 10.1 Å². The zero-order chi connectivity index (χ0) is 22.3. The molecule has 2 aromatic carbocycles. The molecule has 2 aliphatic rings. The highest BCUT2D eigenvalue weighted by molar-refractivity contribution is 5.97. The molecule has 2 heterocycles. The van der Waals surface area contributed by atoms with Crippen molar-refractivity contribution < 1.29 is 13.9 Å². The zero-order valence-corrected chi connectivity index (χ0v) is 19.0. The lowest BCUT2D eigenvalue weighted by Gasteiger charge is -2.35. The minimum Gasteiger partial charge on any atom is -0.494 e. The maximum atomic E-state index is 13.1. The van der Waals surface area contributed by atoms with Gasteiger partial charge in [0, 0.05) is 50.0 Å². The van der Waals surface area contributed by atoms with Gasteiger partial charge in [0.15, 0.2) is 5.78 Å². The maximum Gasteiger partial charge on any atom is 0.176 e. The fourth-order valence-electron chi connectivity index (χ4n) is 4.63. The summed E-state index contributed by atoms with van der Waals surface area (Å²) in [5, 5.41) is 0. The largest absolute Gasteiger partial charge is 0.494 e. The Labute approximate surface area is 190 Å². The minimum absolute atomic E-state index is 0.134. The Morgan fingerprint density at radius 1 is 1.00 bits per heavy atom. The number of ketones is 1. The number of ether oxygens (including phenoxy) is 1. The summed E-state index contributed by atoms with van der Waals surface area (Å²) in [4.78, 5) is 19.7. The summed E-state index contributed by atoms with van der Waals surface area (Å²) < 4.78 is 19.0. The van der Waals surface area contributed by atoms with Crippen LogP contribution < -0.4 is 9.64 Å². The first kappa shape index (κ1) is 22.7. The number of carbonyl (C=O) groups excluding carboxylic acids is 1. The van der Waals surface area contributed by atoms with Gasteiger partial charge >= 0.3 is 0 Å². The third-order valence-electron chi connectivity index (χ3n) is 6.66. The molecule has 0 saturated carbocycles. The average molecular weight is 440 g/mol. The summed E-state index contributed by atoms with van der Waals surface area (Å²) in [7, 11) is 0. The van der Waals surface area contributed by atoms with Gasteiger partial charge in [-0.05, 0) is 81.3 Å². The number of Topliss-reactive ketones (excluding diaryl/α,β-unsaturated/α-hetero) is 1. The minimum atomic E-state index is -0.217. The average Bonchev–Trinajstić information content (AvgIpc) is 3.23. The number of carbonyl (C=O) groups is 1. The van der Waals surface area contributed by atoms with E-state index < -0.39 is 0 Å². The van der Waals surface area contributed by atoms with Crippen molar-refractivity contribution in [2.45, 2.75) is 32.2 Å². The number of likely N-dealkylation sites (tertiary alicyclic amines) is 1. The molecule has 2 saturated heterocycles. The van der Waals surface area contributed by atoms with Crippen LogP contribution in [0, 0.1) is 5.82 Å². The van der Waals surface area contributed by atoms with Gasteiger partial charge in [0.1, 0.15) is 11.6 Å². The van der Waals surface area contributed by atoms with Crippen molar-refractivity contribution in [3.63, 3.8) is 0 Å². The number of piperazine rings is 1. The second-order valence-corrected chi connectivity index (χ2v) is 8.92. The van der Waals surface area contributed by atoms with Crippen LogP contribution in [0.3, 0.4) is 0 Å². The summed E-state index contributed by atoms with van der Waals surface area (Å²) >= 11 is 0. The molecular formula is C26H34FN3O2. The first-order chi connectivity index (χ1) is 15.6. The summed E-state index contributed by atoms with van der Waals surface area (Å²) in [6.07, 6.45) is 3.64. The molecule has 172 valence electrons. The van der Waals surface area contributed by atoms with Crippen LogP contribution in [0.25, 0.3) is 0 Å². The molecule has 4 rings (SSSR count). The molecule has 1 atom stereocenters. The van der Waals surface area contributed by atoms with E-state index in [-0.39, 0.29) is 11.6 Å². The van der Waals surface area contributed by atoms with E-state index in [9.17, 15) is 9.18 Å². The van der Waals surface area contributed by atoms with Crippen LogP contribution in [-0.2, 0) is 0 Å². The lowest BCUT2D eigenvalue weighted by atomic mass is 10.1. The first-order valence-corrected chi connectivity index (χ1v) is 11.8. The summed E-state index contributed by atoms with van der Waals surface area (Å²) in [5.41, 5.74) is 1.76. The van der Waals surface area contributed by atoms with E-state index in [0.29, 0.717) is 19.2 Å². The molecule has 2 aliphatic heterocycles. The van der Waals surface area contributed by atoms with Crippen molar-refractivity contribution in [1.82, 2.24) is 9.80 Å². The molecule has 0 spiro atoms. The highest BCUT2D eigenvalue weighted by atomic mass is 19.1. The van der Waals surface area contributed by atoms with Crippen LogP contribution >= 0.6 is 0 Å². The molecule has 6 heteroatoms. The predicted octanol–water partition coefficient (Wildman–Crippen LogP) is 4.08. The molecule has 0 aliphatic carbocycles. The van der Waals surface area contributed by atoms with Crippen molar-refractivity contribution in [3.05, 3.63) is 59.9 Å². The summed E-state index contributed by atoms with van der Waals surface area (Å²) in [5.74, 6) is 0.741. The molecule has 0 radical (unpaired) electrons. The van der Waals surface area contributed by atoms with Gasteiger partial charge < -0.3 is 14.5 Å². The third-order valence-corrected chi connectivity index (χ3v) is 6.66. The van der Waals surface area contributed by atoms with E-state index in [1.54, 1.807) is 0 Å². The van der Waals surface area contributed by atoms with E-state index in [2.05, 4.69) is 21.6 Å². The smallest absolute Gasteiger partial charge is 0.176 e. The highest BCUT2D eigenvalue weighted by Crippen LogP contribution is 2.19. The van der Waals surface area contributed by atoms with Gasteiger partial charge in [-0.3, -0.25) is 9.69 Å². The van der Waals surface area contributed by atoms with Gasteiger partial charge in [0.05, 0.1) is 13.2 Å². The topological polar surface area (TPSA) is 36.0 Å². The Kier molecular flexibility index (Phi) is 7.76. The second kappa shape index (κ2) is 10.9. The zero-order valence-electron chi connectivity index (χ0n) is 19.0. The van der Waals surface area contributed by atoms with Crippen molar-refractivity contribution in [2.75, 3.05) is 57.3 Å². The normalized spacial score (nSPS) is 19.9. The number of nitrogens with zero attached hydrogens (tertiary/aromatic N) is 3. The van der Waals surface area contributed by atoms with Gasteiger partial charge in [0.2, 0.25) is 0 Å². The SMILES string of the molecule is CC1CCCN1CCCOc1ccc(C(=O)CN2CCN(c3ccc(F)cc3)CC2)cc1. The number of hydrogen-bond donors (Lipinski definition) is 0. The summed E-state index contributed by atoms with van der Waals surface area (Å²) in [6.45, 7) is 9.03. The molecular weight excluding hydrogens is 405 g/mol. The maximum absolute atomic E-state index is 13.1. The first-order valence-electron chi connectivity index (χ1n) is 11.8. The van der Waals surface area contributed by atoms with Crippen LogP contribution in [0.1, 0.15) is 36.5 Å². The van der Waals surface area contributed by atoms with Crippen molar-refractivity contribution in [2.24, 2.45) is 0 Å². The third kappa shape index (κ3) is 6.08. The Morgan fingerprint density at radius 2 is 1.72 bits per heavy atom. The van der Waals surface area contributed by atoms with Gasteiger partial charge in [-0.2, -0.15) is 0 Å². The lowest BCUT2D eigenvalue weighted by molar-refractivity contribution is 0.0926. The fraction of sp³-hybridized carbons (Fsp3) is 0.500. The number of halogens is 1. The molecule has 1 unspecified atom stereocenters. The number of benzene rings is 2. The standard InChI is InChI=1S/C26H34FN3O2/c1-21-4-2-13-29(21)14-3-19-32-25-11-5-22(6-12-25)26(31)20-28-15-17-30(18-16-28)24-9-7-23(27)8-10-24/h5-12,21H,2-4,13-20H2,1H3. The van der Waals surface area contributed by atoms with Gasteiger partial charge in [0.25, 0.3) is 0 Å². The van der Waals surface area contributed by atoms with E-state index in [0.717, 1.165) is 56.1 Å². The van der Waals surface area contributed by atoms with Gasteiger partial charge in [-0.25, -0.2) is 4.39 Å². The second-order valence-electron chi connectivity index (χ2n) is 8.92. The number of rotatable bonds is 9. The molecule has 0 aromatic heterocycles.